The van der Waals surface area contributed by atoms with Crippen molar-refractivity contribution in [3.63, 3.8) is 0 Å². The largest absolute Gasteiger partial charge is 0.478 e. The van der Waals surface area contributed by atoms with Crippen LogP contribution in [-0.2, 0) is 0 Å². The van der Waals surface area contributed by atoms with Crippen molar-refractivity contribution in [1.82, 2.24) is 4.98 Å². The number of carboxylic acid groups (broad SMARTS) is 1. The topological polar surface area (TPSA) is 59.4 Å². The van der Waals surface area contributed by atoms with E-state index in [0.717, 1.165) is 0 Å². The Kier molecular flexibility index (Phi) is 3.39. The maximum absolute atomic E-state index is 10.8. The van der Waals surface area contributed by atoms with E-state index in [-0.39, 0.29) is 5.56 Å². The molecule has 0 radical (unpaired) electrons. The molecule has 0 saturated carbocycles. The van der Waals surface area contributed by atoms with Crippen LogP contribution in [0.25, 0.3) is 0 Å². The number of carbonyl (C=O) groups is 1. The van der Waals surface area contributed by atoms with Crippen LogP contribution in [0.1, 0.15) is 10.4 Å². The first-order valence-electron chi connectivity index (χ1n) is 4.77. The molecular formula is C12H8BrNO3. The zero-order chi connectivity index (χ0) is 12.3. The van der Waals surface area contributed by atoms with Gasteiger partial charge in [0.1, 0.15) is 11.5 Å². The third-order valence-corrected chi connectivity index (χ3v) is 2.70. The molecule has 0 amide bonds. The van der Waals surface area contributed by atoms with Crippen LogP contribution in [0.4, 0.5) is 0 Å². The van der Waals surface area contributed by atoms with Crippen molar-refractivity contribution >= 4 is 21.9 Å². The van der Waals surface area contributed by atoms with Gasteiger partial charge < -0.3 is 9.84 Å². The third-order valence-electron chi connectivity index (χ3n) is 2.04. The first kappa shape index (κ1) is 11.6. The maximum atomic E-state index is 10.8. The molecule has 86 valence electrons. The van der Waals surface area contributed by atoms with Gasteiger partial charge in [-0.3, -0.25) is 4.98 Å². The highest BCUT2D eigenvalue weighted by Crippen LogP contribution is 2.26. The van der Waals surface area contributed by atoms with E-state index < -0.39 is 5.97 Å². The van der Waals surface area contributed by atoms with Crippen LogP contribution >= 0.6 is 15.9 Å². The van der Waals surface area contributed by atoms with Crippen LogP contribution in [0.3, 0.4) is 0 Å². The normalized spacial score (nSPS) is 9.94. The lowest BCUT2D eigenvalue weighted by atomic mass is 10.2. The SMILES string of the molecule is O=C(O)c1ccc(Oc2cccnc2)cc1Br. The molecule has 1 heterocycles. The van der Waals surface area contributed by atoms with E-state index in [1.807, 2.05) is 0 Å². The van der Waals surface area contributed by atoms with Gasteiger partial charge in [-0.1, -0.05) is 0 Å². The molecule has 1 aromatic heterocycles. The quantitative estimate of drug-likeness (QED) is 0.943. The van der Waals surface area contributed by atoms with Crippen molar-refractivity contribution in [2.24, 2.45) is 0 Å². The van der Waals surface area contributed by atoms with E-state index in [2.05, 4.69) is 20.9 Å². The summed E-state index contributed by atoms with van der Waals surface area (Å²) >= 11 is 3.18. The second-order valence-electron chi connectivity index (χ2n) is 3.24. The molecule has 1 N–H and O–H groups in total. The Morgan fingerprint density at radius 3 is 2.71 bits per heavy atom. The van der Waals surface area contributed by atoms with Crippen molar-refractivity contribution in [3.05, 3.63) is 52.8 Å². The highest BCUT2D eigenvalue weighted by atomic mass is 79.9. The summed E-state index contributed by atoms with van der Waals surface area (Å²) in [7, 11) is 0. The summed E-state index contributed by atoms with van der Waals surface area (Å²) in [6.07, 6.45) is 3.23. The lowest BCUT2D eigenvalue weighted by Crippen LogP contribution is -1.97. The second kappa shape index (κ2) is 4.97. The number of nitrogens with zero attached hydrogens (tertiary/aromatic N) is 1. The van der Waals surface area contributed by atoms with E-state index in [0.29, 0.717) is 16.0 Å². The van der Waals surface area contributed by atoms with Crippen LogP contribution in [0.5, 0.6) is 11.5 Å². The number of pyridine rings is 1. The van der Waals surface area contributed by atoms with Gasteiger partial charge in [0.25, 0.3) is 0 Å². The summed E-state index contributed by atoms with van der Waals surface area (Å²) in [5.74, 6) is 0.169. The van der Waals surface area contributed by atoms with Gasteiger partial charge in [-0.15, -0.1) is 0 Å². The van der Waals surface area contributed by atoms with Gasteiger partial charge in [0.05, 0.1) is 11.8 Å². The lowest BCUT2D eigenvalue weighted by molar-refractivity contribution is 0.0696. The van der Waals surface area contributed by atoms with E-state index in [1.54, 1.807) is 36.7 Å². The van der Waals surface area contributed by atoms with Crippen molar-refractivity contribution in [3.8, 4) is 11.5 Å². The number of aromatic carboxylic acids is 1. The summed E-state index contributed by atoms with van der Waals surface area (Å²) in [5.41, 5.74) is 0.198. The molecular weight excluding hydrogens is 286 g/mol. The zero-order valence-corrected chi connectivity index (χ0v) is 10.2. The molecule has 0 aliphatic carbocycles. The number of rotatable bonds is 3. The Labute approximate surface area is 106 Å². The van der Waals surface area contributed by atoms with Gasteiger partial charge in [-0.05, 0) is 46.3 Å². The van der Waals surface area contributed by atoms with Crippen LogP contribution in [0.2, 0.25) is 0 Å². The number of hydrogen-bond acceptors (Lipinski definition) is 3. The van der Waals surface area contributed by atoms with Crippen LogP contribution in [0.15, 0.2) is 47.2 Å². The Bertz CT molecular complexity index is 543. The predicted molar refractivity (Wildman–Crippen MR) is 65.4 cm³/mol. The number of halogens is 1. The smallest absolute Gasteiger partial charge is 0.336 e. The van der Waals surface area contributed by atoms with E-state index >= 15 is 0 Å². The fraction of sp³-hybridized carbons (Fsp3) is 0. The van der Waals surface area contributed by atoms with Crippen LogP contribution in [-0.4, -0.2) is 16.1 Å². The van der Waals surface area contributed by atoms with Crippen molar-refractivity contribution in [2.45, 2.75) is 0 Å². The monoisotopic (exact) mass is 293 g/mol. The molecule has 5 heteroatoms. The molecule has 0 bridgehead atoms. The van der Waals surface area contributed by atoms with Gasteiger partial charge >= 0.3 is 5.97 Å². The summed E-state index contributed by atoms with van der Waals surface area (Å²) in [6.45, 7) is 0. The molecule has 0 aliphatic rings. The molecule has 17 heavy (non-hydrogen) atoms. The maximum Gasteiger partial charge on any atom is 0.336 e. The molecule has 2 aromatic rings. The van der Waals surface area contributed by atoms with Crippen LogP contribution < -0.4 is 4.74 Å². The average molecular weight is 294 g/mol. The Balaban J connectivity index is 2.24. The molecule has 0 fully saturated rings. The summed E-state index contributed by atoms with van der Waals surface area (Å²) in [5, 5.41) is 8.87. The number of benzene rings is 1. The minimum atomic E-state index is -0.982. The minimum Gasteiger partial charge on any atom is -0.478 e. The Morgan fingerprint density at radius 1 is 1.29 bits per heavy atom. The van der Waals surface area contributed by atoms with Crippen LogP contribution in [0, 0.1) is 0 Å². The molecule has 0 atom stereocenters. The van der Waals surface area contributed by atoms with Crippen molar-refractivity contribution in [1.29, 1.82) is 0 Å². The second-order valence-corrected chi connectivity index (χ2v) is 4.09. The van der Waals surface area contributed by atoms with E-state index in [9.17, 15) is 4.79 Å². The minimum absolute atomic E-state index is 0.198. The first-order valence-corrected chi connectivity index (χ1v) is 5.57. The molecule has 0 aliphatic heterocycles. The van der Waals surface area contributed by atoms with Gasteiger partial charge in [0.2, 0.25) is 0 Å². The van der Waals surface area contributed by atoms with Crippen molar-refractivity contribution in [2.75, 3.05) is 0 Å². The summed E-state index contributed by atoms with van der Waals surface area (Å²) < 4.78 is 5.99. The summed E-state index contributed by atoms with van der Waals surface area (Å²) in [4.78, 5) is 14.7. The predicted octanol–water partition coefficient (Wildman–Crippen LogP) is 3.33. The van der Waals surface area contributed by atoms with Gasteiger partial charge in [-0.25, -0.2) is 4.79 Å². The van der Waals surface area contributed by atoms with Gasteiger partial charge in [-0.2, -0.15) is 0 Å². The van der Waals surface area contributed by atoms with E-state index in [4.69, 9.17) is 9.84 Å². The average Bonchev–Trinajstić information content (AvgIpc) is 2.30. The number of ether oxygens (including phenoxy) is 1. The van der Waals surface area contributed by atoms with E-state index in [1.165, 1.54) is 6.07 Å². The highest BCUT2D eigenvalue weighted by Gasteiger charge is 2.09. The molecule has 0 saturated heterocycles. The lowest BCUT2D eigenvalue weighted by Gasteiger charge is -2.06. The third kappa shape index (κ3) is 2.82. The first-order chi connectivity index (χ1) is 8.16. The number of aromatic nitrogens is 1. The molecule has 4 nitrogen and oxygen atoms in total. The fourth-order valence-corrected chi connectivity index (χ4v) is 1.80. The van der Waals surface area contributed by atoms with Gasteiger partial charge in [0.15, 0.2) is 0 Å². The number of carboxylic acids is 1. The standard InChI is InChI=1S/C12H8BrNO3/c13-11-6-8(3-4-10(11)12(15)16)17-9-2-1-5-14-7-9/h1-7H,(H,15,16). The molecule has 1 aromatic carbocycles. The van der Waals surface area contributed by atoms with Gasteiger partial charge in [0, 0.05) is 10.7 Å². The molecule has 2 rings (SSSR count). The molecule has 0 spiro atoms. The highest BCUT2D eigenvalue weighted by molar-refractivity contribution is 9.10. The zero-order valence-electron chi connectivity index (χ0n) is 8.63. The Morgan fingerprint density at radius 2 is 2.12 bits per heavy atom. The molecule has 0 unspecified atom stereocenters. The Hall–Kier alpha value is -1.88. The van der Waals surface area contributed by atoms with Crippen molar-refractivity contribution < 1.29 is 14.6 Å². The number of hydrogen-bond donors (Lipinski definition) is 1. The summed E-state index contributed by atoms with van der Waals surface area (Å²) in [6, 6.07) is 8.22. The fourth-order valence-electron chi connectivity index (χ4n) is 1.28.